The fraction of sp³-hybridized carbons (Fsp3) is 1.00. The topological polar surface area (TPSA) is 80.9 Å². The van der Waals surface area contributed by atoms with Gasteiger partial charge in [0.2, 0.25) is 0 Å². The van der Waals surface area contributed by atoms with E-state index < -0.39 is 17.8 Å². The molecule has 4 nitrogen and oxygen atoms in total. The zero-order valence-electron chi connectivity index (χ0n) is 23.1. The van der Waals surface area contributed by atoms with Gasteiger partial charge >= 0.3 is 0 Å². The molecule has 4 heteroatoms. The minimum Gasteiger partial charge on any atom is -0.393 e. The molecule has 5 aliphatic carbocycles. The molecule has 0 aromatic rings. The van der Waals surface area contributed by atoms with Crippen LogP contribution < -0.4 is 0 Å². The van der Waals surface area contributed by atoms with Crippen LogP contribution in [0.1, 0.15) is 107 Å². The average molecular weight is 477 g/mol. The number of aliphatic hydroxyl groups excluding tert-OH is 3. The maximum absolute atomic E-state index is 11.8. The molecule has 0 aromatic carbocycles. The van der Waals surface area contributed by atoms with Crippen LogP contribution in [0.3, 0.4) is 0 Å². The summed E-state index contributed by atoms with van der Waals surface area (Å²) in [5.41, 5.74) is -1.15. The van der Waals surface area contributed by atoms with Gasteiger partial charge in [0.1, 0.15) is 0 Å². The molecule has 0 radical (unpaired) electrons. The summed E-state index contributed by atoms with van der Waals surface area (Å²) in [7, 11) is 0. The summed E-state index contributed by atoms with van der Waals surface area (Å²) < 4.78 is 0. The van der Waals surface area contributed by atoms with Crippen LogP contribution >= 0.6 is 0 Å². The molecule has 5 fully saturated rings. The van der Waals surface area contributed by atoms with E-state index >= 15 is 0 Å². The summed E-state index contributed by atoms with van der Waals surface area (Å²) >= 11 is 0. The quantitative estimate of drug-likeness (QED) is 0.421. The molecule has 0 aliphatic heterocycles. The molecule has 0 aromatic heterocycles. The molecule has 0 saturated heterocycles. The Kier molecular flexibility index (Phi) is 5.42. The number of fused-ring (bicyclic) bond motifs is 7. The van der Waals surface area contributed by atoms with Crippen LogP contribution in [0.25, 0.3) is 0 Å². The predicted molar refractivity (Wildman–Crippen MR) is 135 cm³/mol. The summed E-state index contributed by atoms with van der Waals surface area (Å²) in [4.78, 5) is 0. The van der Waals surface area contributed by atoms with Crippen molar-refractivity contribution >= 4 is 0 Å². The molecule has 4 N–H and O–H groups in total. The fourth-order valence-electron chi connectivity index (χ4n) is 12.3. The van der Waals surface area contributed by atoms with E-state index in [1.807, 2.05) is 13.8 Å². The van der Waals surface area contributed by atoms with E-state index in [4.69, 9.17) is 0 Å². The van der Waals surface area contributed by atoms with Crippen molar-refractivity contribution in [3.05, 3.63) is 0 Å². The van der Waals surface area contributed by atoms with E-state index in [-0.39, 0.29) is 50.9 Å². The summed E-state index contributed by atoms with van der Waals surface area (Å²) in [6.45, 7) is 17.9. The summed E-state index contributed by atoms with van der Waals surface area (Å²) in [5.74, 6) is 1.37. The third kappa shape index (κ3) is 2.92. The van der Waals surface area contributed by atoms with Crippen molar-refractivity contribution in [2.45, 2.75) is 131 Å². The highest BCUT2D eigenvalue weighted by Gasteiger charge is 2.74. The van der Waals surface area contributed by atoms with Crippen LogP contribution in [-0.4, -0.2) is 44.3 Å². The minimum absolute atomic E-state index is 0.00284. The molecule has 0 amide bonds. The lowest BCUT2D eigenvalue weighted by molar-refractivity contribution is -0.289. The van der Waals surface area contributed by atoms with E-state index in [1.165, 1.54) is 12.8 Å². The molecule has 5 saturated carbocycles. The van der Waals surface area contributed by atoms with Crippen molar-refractivity contribution < 1.29 is 20.4 Å². The van der Waals surface area contributed by atoms with Crippen molar-refractivity contribution in [2.24, 2.45) is 56.7 Å². The standard InChI is InChI=1S/C30H52O4/c1-25(2)22(33)12-14-28(6)21-10-9-20-27(5)13-11-17(26(3,4)34)23(27)18(31)15-29(20,7)30(21,8)16-19(32)24(25)28/h17-24,31-34H,9-16H2,1-8H3. The van der Waals surface area contributed by atoms with Gasteiger partial charge in [-0.2, -0.15) is 0 Å². The third-order valence-electron chi connectivity index (χ3n) is 13.7. The molecule has 5 rings (SSSR count). The maximum atomic E-state index is 11.8. The van der Waals surface area contributed by atoms with E-state index in [0.717, 1.165) is 38.5 Å². The molecule has 34 heavy (non-hydrogen) atoms. The van der Waals surface area contributed by atoms with E-state index in [9.17, 15) is 20.4 Å². The third-order valence-corrected chi connectivity index (χ3v) is 13.7. The summed E-state index contributed by atoms with van der Waals surface area (Å²) in [5, 5.41) is 45.4. The molecule has 12 atom stereocenters. The van der Waals surface area contributed by atoms with Crippen LogP contribution in [0, 0.1) is 56.7 Å². The molecule has 0 heterocycles. The molecular formula is C30H52O4. The van der Waals surface area contributed by atoms with E-state index in [1.54, 1.807) is 0 Å². The first-order valence-corrected chi connectivity index (χ1v) is 14.2. The van der Waals surface area contributed by atoms with Crippen molar-refractivity contribution in [3.8, 4) is 0 Å². The van der Waals surface area contributed by atoms with Crippen LogP contribution in [0.2, 0.25) is 0 Å². The normalized spacial score (nSPS) is 58.9. The van der Waals surface area contributed by atoms with Gasteiger partial charge in [-0.15, -0.1) is 0 Å². The molecule has 196 valence electrons. The second kappa shape index (κ2) is 7.23. The van der Waals surface area contributed by atoms with Gasteiger partial charge in [-0.25, -0.2) is 0 Å². The minimum atomic E-state index is -0.769. The predicted octanol–water partition coefficient (Wildman–Crippen LogP) is 5.16. The molecular weight excluding hydrogens is 424 g/mol. The van der Waals surface area contributed by atoms with Gasteiger partial charge in [0.15, 0.2) is 0 Å². The first-order chi connectivity index (χ1) is 15.4. The SMILES string of the molecule is CC(C)(O)C1CCC2(C)C1C(O)CC1(C)C2CCC2C3(C)CCC(O)C(C)(C)C3C(O)CC21C. The van der Waals surface area contributed by atoms with Crippen molar-refractivity contribution in [1.29, 1.82) is 0 Å². The molecule has 0 spiro atoms. The number of hydrogen-bond acceptors (Lipinski definition) is 4. The monoisotopic (exact) mass is 476 g/mol. The first-order valence-electron chi connectivity index (χ1n) is 14.2. The summed E-state index contributed by atoms with van der Waals surface area (Å²) in [6.07, 6.45) is 6.55. The van der Waals surface area contributed by atoms with Crippen molar-refractivity contribution in [2.75, 3.05) is 0 Å². The van der Waals surface area contributed by atoms with Crippen LogP contribution in [0.4, 0.5) is 0 Å². The Morgan fingerprint density at radius 2 is 1.18 bits per heavy atom. The van der Waals surface area contributed by atoms with Gasteiger partial charge in [-0.3, -0.25) is 0 Å². The zero-order chi connectivity index (χ0) is 25.3. The number of rotatable bonds is 1. The number of aliphatic hydroxyl groups is 4. The zero-order valence-corrected chi connectivity index (χ0v) is 23.1. The summed E-state index contributed by atoms with van der Waals surface area (Å²) in [6, 6.07) is 0. The van der Waals surface area contributed by atoms with Crippen LogP contribution in [0.15, 0.2) is 0 Å². The van der Waals surface area contributed by atoms with Gasteiger partial charge in [-0.05, 0) is 122 Å². The lowest BCUT2D eigenvalue weighted by Gasteiger charge is -2.74. The Labute approximate surface area is 207 Å². The maximum Gasteiger partial charge on any atom is 0.0623 e. The van der Waals surface area contributed by atoms with E-state index in [2.05, 4.69) is 41.5 Å². The second-order valence-corrected chi connectivity index (χ2v) is 15.8. The Morgan fingerprint density at radius 1 is 0.676 bits per heavy atom. The van der Waals surface area contributed by atoms with Gasteiger partial charge in [0.05, 0.1) is 23.9 Å². The lowest BCUT2D eigenvalue weighted by Crippen LogP contribution is -2.71. The lowest BCUT2D eigenvalue weighted by atomic mass is 9.31. The Hall–Kier alpha value is -0.160. The Bertz CT molecular complexity index is 832. The van der Waals surface area contributed by atoms with Gasteiger partial charge in [0.25, 0.3) is 0 Å². The molecule has 12 unspecified atom stereocenters. The highest BCUT2D eigenvalue weighted by atomic mass is 16.3. The molecule has 5 aliphatic rings. The fourth-order valence-corrected chi connectivity index (χ4v) is 12.3. The van der Waals surface area contributed by atoms with Crippen LogP contribution in [0.5, 0.6) is 0 Å². The van der Waals surface area contributed by atoms with E-state index in [0.29, 0.717) is 11.8 Å². The van der Waals surface area contributed by atoms with Crippen molar-refractivity contribution in [1.82, 2.24) is 0 Å². The highest BCUT2D eigenvalue weighted by molar-refractivity contribution is 5.22. The Morgan fingerprint density at radius 3 is 1.74 bits per heavy atom. The second-order valence-electron chi connectivity index (χ2n) is 15.8. The Balaban J connectivity index is 1.57. The van der Waals surface area contributed by atoms with Gasteiger partial charge < -0.3 is 20.4 Å². The largest absolute Gasteiger partial charge is 0.393 e. The van der Waals surface area contributed by atoms with Crippen LogP contribution in [-0.2, 0) is 0 Å². The first kappa shape index (κ1) is 25.5. The molecule has 0 bridgehead atoms. The number of hydrogen-bond donors (Lipinski definition) is 4. The highest BCUT2D eigenvalue weighted by Crippen LogP contribution is 2.78. The van der Waals surface area contributed by atoms with Crippen molar-refractivity contribution in [3.63, 3.8) is 0 Å². The van der Waals surface area contributed by atoms with Gasteiger partial charge in [0, 0.05) is 0 Å². The van der Waals surface area contributed by atoms with Gasteiger partial charge in [-0.1, -0.05) is 41.5 Å². The smallest absolute Gasteiger partial charge is 0.0623 e. The average Bonchev–Trinajstić information content (AvgIpc) is 3.05.